The molecule has 0 aliphatic carbocycles. The number of nitrogens with zero attached hydrogens (tertiary/aromatic N) is 4. The number of sulfone groups is 1. The minimum absolute atomic E-state index is 0.147. The van der Waals surface area contributed by atoms with Gasteiger partial charge in [-0.1, -0.05) is 35.1 Å². The molecule has 4 aromatic rings. The van der Waals surface area contributed by atoms with Gasteiger partial charge >= 0.3 is 0 Å². The molecule has 2 heterocycles. The fraction of sp³-hybridized carbons (Fsp3) is 0.261. The third-order valence-electron chi connectivity index (χ3n) is 5.21. The van der Waals surface area contributed by atoms with Crippen molar-refractivity contribution in [3.05, 3.63) is 71.0 Å². The molecule has 4 rings (SSSR count). The lowest BCUT2D eigenvalue weighted by Crippen LogP contribution is -2.35. The van der Waals surface area contributed by atoms with E-state index in [4.69, 9.17) is 11.6 Å². The first-order valence-electron chi connectivity index (χ1n) is 10.4. The lowest BCUT2D eigenvalue weighted by molar-refractivity contribution is -0.118. The highest BCUT2D eigenvalue weighted by atomic mass is 35.5. The molecule has 2 aromatic heterocycles. The van der Waals surface area contributed by atoms with Gasteiger partial charge in [0.15, 0.2) is 15.0 Å². The van der Waals surface area contributed by atoms with Gasteiger partial charge in [-0.3, -0.25) is 14.4 Å². The monoisotopic (exact) mass is 502 g/mol. The summed E-state index contributed by atoms with van der Waals surface area (Å²) >= 11 is 7.27. The molecule has 0 saturated heterocycles. The van der Waals surface area contributed by atoms with Gasteiger partial charge in [-0.15, -0.1) is 0 Å². The van der Waals surface area contributed by atoms with Crippen LogP contribution in [-0.4, -0.2) is 41.4 Å². The molecular formula is C23H23ClN4O3S2. The third-order valence-corrected chi connectivity index (χ3v) is 8.25. The number of rotatable bonds is 8. The maximum Gasteiger partial charge on any atom is 0.229 e. The number of carbonyl (C=O) groups is 1. The Hall–Kier alpha value is -2.75. The number of aryl methyl sites for hydroxylation is 2. The molecule has 0 aliphatic rings. The molecule has 10 heteroatoms. The van der Waals surface area contributed by atoms with E-state index in [1.807, 2.05) is 48.9 Å². The number of anilines is 1. The van der Waals surface area contributed by atoms with Crippen LogP contribution in [0.4, 0.5) is 5.13 Å². The Balaban J connectivity index is 1.55. The van der Waals surface area contributed by atoms with E-state index in [9.17, 15) is 13.2 Å². The van der Waals surface area contributed by atoms with E-state index in [1.54, 1.807) is 4.90 Å². The highest BCUT2D eigenvalue weighted by Crippen LogP contribution is 2.29. The van der Waals surface area contributed by atoms with Crippen LogP contribution in [0.5, 0.6) is 0 Å². The number of benzene rings is 2. The molecule has 33 heavy (non-hydrogen) atoms. The van der Waals surface area contributed by atoms with Gasteiger partial charge in [0.1, 0.15) is 0 Å². The highest BCUT2D eigenvalue weighted by Gasteiger charge is 2.23. The number of carbonyl (C=O) groups excluding carboxylic acids is 1. The number of thiazole rings is 1. The van der Waals surface area contributed by atoms with Gasteiger partial charge < -0.3 is 0 Å². The van der Waals surface area contributed by atoms with E-state index in [0.717, 1.165) is 21.6 Å². The maximum atomic E-state index is 13.2. The van der Waals surface area contributed by atoms with Crippen molar-refractivity contribution in [1.29, 1.82) is 0 Å². The summed E-state index contributed by atoms with van der Waals surface area (Å²) in [4.78, 5) is 19.6. The second kappa shape index (κ2) is 9.62. The van der Waals surface area contributed by atoms with Crippen LogP contribution in [0.25, 0.3) is 10.2 Å². The summed E-state index contributed by atoms with van der Waals surface area (Å²) < 4.78 is 28.3. The predicted octanol–water partition coefficient (Wildman–Crippen LogP) is 4.66. The van der Waals surface area contributed by atoms with E-state index < -0.39 is 9.84 Å². The minimum Gasteiger partial charge on any atom is -0.286 e. The molecule has 172 valence electrons. The predicted molar refractivity (Wildman–Crippen MR) is 132 cm³/mol. The molecular weight excluding hydrogens is 480 g/mol. The first kappa shape index (κ1) is 23.4. The van der Waals surface area contributed by atoms with Crippen molar-refractivity contribution in [3.8, 4) is 0 Å². The van der Waals surface area contributed by atoms with Crippen molar-refractivity contribution in [2.24, 2.45) is 0 Å². The molecule has 0 bridgehead atoms. The minimum atomic E-state index is -3.62. The van der Waals surface area contributed by atoms with E-state index in [1.165, 1.54) is 35.6 Å². The zero-order chi connectivity index (χ0) is 23.6. The number of aromatic nitrogens is 3. The summed E-state index contributed by atoms with van der Waals surface area (Å²) in [7, 11) is -3.62. The van der Waals surface area contributed by atoms with E-state index in [0.29, 0.717) is 23.2 Å². The van der Waals surface area contributed by atoms with Crippen LogP contribution >= 0.6 is 22.9 Å². The summed E-state index contributed by atoms with van der Waals surface area (Å²) in [5.41, 5.74) is 2.70. The number of halogens is 1. The summed E-state index contributed by atoms with van der Waals surface area (Å²) in [5.74, 6) is -0.595. The number of para-hydroxylation sites is 1. The van der Waals surface area contributed by atoms with Gasteiger partial charge in [-0.2, -0.15) is 5.10 Å². The van der Waals surface area contributed by atoms with Crippen LogP contribution in [0.3, 0.4) is 0 Å². The Labute approximate surface area is 201 Å². The summed E-state index contributed by atoms with van der Waals surface area (Å²) in [5, 5.41) is 5.47. The SMILES string of the molecule is Cc1cc(C)n(CCN(C(=O)CCS(=O)(=O)c2ccc(Cl)cc2)c2nc3ccccc3s2)n1. The van der Waals surface area contributed by atoms with Crippen LogP contribution in [0.2, 0.25) is 5.02 Å². The summed E-state index contributed by atoms with van der Waals surface area (Å²) in [6.07, 6.45) is -0.155. The van der Waals surface area contributed by atoms with Gasteiger partial charge in [-0.05, 0) is 56.3 Å². The van der Waals surface area contributed by atoms with Gasteiger partial charge in [0.25, 0.3) is 0 Å². The highest BCUT2D eigenvalue weighted by molar-refractivity contribution is 7.91. The molecule has 2 aromatic carbocycles. The van der Waals surface area contributed by atoms with Gasteiger partial charge in [0.05, 0.1) is 33.1 Å². The van der Waals surface area contributed by atoms with Crippen LogP contribution in [-0.2, 0) is 21.2 Å². The van der Waals surface area contributed by atoms with Crippen LogP contribution in [0, 0.1) is 13.8 Å². The Morgan fingerprint density at radius 1 is 1.12 bits per heavy atom. The lowest BCUT2D eigenvalue weighted by Gasteiger charge is -2.20. The number of fused-ring (bicyclic) bond motifs is 1. The first-order valence-corrected chi connectivity index (χ1v) is 13.2. The maximum absolute atomic E-state index is 13.2. The van der Waals surface area contributed by atoms with Crippen molar-refractivity contribution >= 4 is 54.0 Å². The van der Waals surface area contributed by atoms with E-state index in [-0.39, 0.29) is 23.0 Å². The standard InChI is InChI=1S/C23H23ClN4O3S2/c1-16-15-17(2)28(26-16)13-12-27(23-25-20-5-3-4-6-21(20)32-23)22(29)11-14-33(30,31)19-9-7-18(24)8-10-19/h3-10,15H,11-14H2,1-2H3. The molecule has 1 amide bonds. The molecule has 0 N–H and O–H groups in total. The Morgan fingerprint density at radius 3 is 2.52 bits per heavy atom. The average Bonchev–Trinajstić information content (AvgIpc) is 3.35. The first-order chi connectivity index (χ1) is 15.7. The zero-order valence-corrected chi connectivity index (χ0v) is 20.6. The molecule has 0 aliphatic heterocycles. The van der Waals surface area contributed by atoms with E-state index >= 15 is 0 Å². The van der Waals surface area contributed by atoms with Gasteiger partial charge in [-0.25, -0.2) is 13.4 Å². The molecule has 7 nitrogen and oxygen atoms in total. The van der Waals surface area contributed by atoms with Crippen LogP contribution in [0.15, 0.2) is 59.5 Å². The molecule has 0 saturated carbocycles. The fourth-order valence-electron chi connectivity index (χ4n) is 3.51. The summed E-state index contributed by atoms with van der Waals surface area (Å²) in [6.45, 7) is 4.69. The summed E-state index contributed by atoms with van der Waals surface area (Å²) in [6, 6.07) is 15.6. The second-order valence-electron chi connectivity index (χ2n) is 7.68. The van der Waals surface area contributed by atoms with Crippen molar-refractivity contribution < 1.29 is 13.2 Å². The zero-order valence-electron chi connectivity index (χ0n) is 18.2. The van der Waals surface area contributed by atoms with Crippen LogP contribution < -0.4 is 4.90 Å². The van der Waals surface area contributed by atoms with Crippen molar-refractivity contribution in [2.45, 2.75) is 31.7 Å². The largest absolute Gasteiger partial charge is 0.286 e. The topological polar surface area (TPSA) is 85.2 Å². The number of hydrogen-bond donors (Lipinski definition) is 0. The van der Waals surface area contributed by atoms with Crippen LogP contribution in [0.1, 0.15) is 17.8 Å². The van der Waals surface area contributed by atoms with Crippen molar-refractivity contribution in [2.75, 3.05) is 17.2 Å². The molecule has 0 spiro atoms. The average molecular weight is 503 g/mol. The second-order valence-corrected chi connectivity index (χ2v) is 11.2. The van der Waals surface area contributed by atoms with E-state index in [2.05, 4.69) is 10.1 Å². The number of hydrogen-bond acceptors (Lipinski definition) is 6. The van der Waals surface area contributed by atoms with Gasteiger partial charge in [0.2, 0.25) is 5.91 Å². The smallest absolute Gasteiger partial charge is 0.229 e. The Kier molecular flexibility index (Phi) is 6.83. The van der Waals surface area contributed by atoms with Crippen molar-refractivity contribution in [3.63, 3.8) is 0 Å². The molecule has 0 radical (unpaired) electrons. The lowest BCUT2D eigenvalue weighted by atomic mass is 10.3. The third kappa shape index (κ3) is 5.43. The van der Waals surface area contributed by atoms with Gasteiger partial charge in [0, 0.05) is 23.7 Å². The normalized spacial score (nSPS) is 11.7. The molecule has 0 fully saturated rings. The number of amides is 1. The molecule has 0 atom stereocenters. The quantitative estimate of drug-likeness (QED) is 0.350. The Bertz CT molecular complexity index is 1360. The fourth-order valence-corrected chi connectivity index (χ4v) is 5.88. The Morgan fingerprint density at radius 2 is 1.85 bits per heavy atom. The van der Waals surface area contributed by atoms with Crippen molar-refractivity contribution in [1.82, 2.24) is 14.8 Å². The molecule has 0 unspecified atom stereocenters.